The van der Waals surface area contributed by atoms with Crippen LogP contribution in [0.1, 0.15) is 19.4 Å². The lowest BCUT2D eigenvalue weighted by atomic mass is 10.1. The molecule has 1 aliphatic heterocycles. The van der Waals surface area contributed by atoms with Gasteiger partial charge in [0.25, 0.3) is 0 Å². The first-order valence-corrected chi connectivity index (χ1v) is 6.50. The van der Waals surface area contributed by atoms with Crippen LogP contribution >= 0.6 is 0 Å². The number of rotatable bonds is 6. The van der Waals surface area contributed by atoms with Crippen LogP contribution in [0.2, 0.25) is 0 Å². The number of methoxy groups -OCH3 is 2. The van der Waals surface area contributed by atoms with Crippen LogP contribution in [0.15, 0.2) is 23.8 Å². The molecule has 0 radical (unpaired) electrons. The van der Waals surface area contributed by atoms with E-state index in [2.05, 4.69) is 11.6 Å². The second-order valence-corrected chi connectivity index (χ2v) is 5.02. The Morgan fingerprint density at radius 1 is 1.30 bits per heavy atom. The lowest BCUT2D eigenvalue weighted by Crippen LogP contribution is -2.35. The summed E-state index contributed by atoms with van der Waals surface area (Å²) in [7, 11) is 3.26. The number of nitrogens with one attached hydrogen (secondary N) is 1. The zero-order chi connectivity index (χ0) is 14.6. The van der Waals surface area contributed by atoms with Gasteiger partial charge in [-0.15, -0.1) is 0 Å². The Morgan fingerprint density at radius 2 is 2.10 bits per heavy atom. The fraction of sp³-hybridized carbons (Fsp3) is 0.467. The van der Waals surface area contributed by atoms with Gasteiger partial charge >= 0.3 is 0 Å². The second kappa shape index (κ2) is 6.26. The predicted molar refractivity (Wildman–Crippen MR) is 76.6 cm³/mol. The van der Waals surface area contributed by atoms with Gasteiger partial charge in [-0.05, 0) is 43.7 Å². The van der Waals surface area contributed by atoms with Crippen LogP contribution in [0, 0.1) is 0 Å². The van der Waals surface area contributed by atoms with Gasteiger partial charge in [-0.25, -0.2) is 0 Å². The molecule has 0 saturated carbocycles. The van der Waals surface area contributed by atoms with E-state index in [1.807, 2.05) is 32.0 Å². The van der Waals surface area contributed by atoms with E-state index < -0.39 is 5.79 Å². The number of benzene rings is 1. The molecule has 20 heavy (non-hydrogen) atoms. The minimum atomic E-state index is -0.656. The van der Waals surface area contributed by atoms with Gasteiger partial charge in [0.15, 0.2) is 5.79 Å². The molecule has 110 valence electrons. The third kappa shape index (κ3) is 3.72. The number of hydrogen-bond donors (Lipinski definition) is 1. The Bertz CT molecular complexity index is 497. The van der Waals surface area contributed by atoms with Gasteiger partial charge in [-0.2, -0.15) is 5.48 Å². The van der Waals surface area contributed by atoms with Gasteiger partial charge in [-0.3, -0.25) is 4.84 Å². The van der Waals surface area contributed by atoms with Crippen molar-refractivity contribution < 1.29 is 19.0 Å². The Morgan fingerprint density at radius 3 is 2.80 bits per heavy atom. The van der Waals surface area contributed by atoms with E-state index in [9.17, 15) is 0 Å². The normalized spacial score (nSPS) is 14.3. The molecule has 1 aliphatic rings. The van der Waals surface area contributed by atoms with Gasteiger partial charge in [0.2, 0.25) is 0 Å². The summed E-state index contributed by atoms with van der Waals surface area (Å²) < 4.78 is 16.1. The zero-order valence-corrected chi connectivity index (χ0v) is 12.4. The zero-order valence-electron chi connectivity index (χ0n) is 12.4. The second-order valence-electron chi connectivity index (χ2n) is 5.02. The van der Waals surface area contributed by atoms with Crippen molar-refractivity contribution in [2.75, 3.05) is 27.4 Å². The lowest BCUT2D eigenvalue weighted by Gasteiger charge is -2.24. The number of ether oxygens (including phenoxy) is 3. The Labute approximate surface area is 119 Å². The molecule has 1 aromatic rings. The van der Waals surface area contributed by atoms with Crippen molar-refractivity contribution in [1.29, 1.82) is 0 Å². The van der Waals surface area contributed by atoms with Crippen molar-refractivity contribution in [3.63, 3.8) is 0 Å². The highest BCUT2D eigenvalue weighted by molar-refractivity contribution is 5.64. The average molecular weight is 279 g/mol. The van der Waals surface area contributed by atoms with E-state index in [4.69, 9.17) is 19.0 Å². The maximum absolute atomic E-state index is 5.69. The summed E-state index contributed by atoms with van der Waals surface area (Å²) in [5.74, 6) is 1.03. The third-order valence-corrected chi connectivity index (χ3v) is 3.10. The van der Waals surface area contributed by atoms with Gasteiger partial charge < -0.3 is 14.2 Å². The Balaban J connectivity index is 1.98. The third-order valence-electron chi connectivity index (χ3n) is 3.10. The molecule has 0 amide bonds. The summed E-state index contributed by atoms with van der Waals surface area (Å²) in [5.41, 5.74) is 5.01. The number of fused-ring (bicyclic) bond motifs is 1. The molecule has 5 nitrogen and oxygen atoms in total. The smallest absolute Gasteiger partial charge is 0.181 e. The lowest BCUT2D eigenvalue weighted by molar-refractivity contribution is -0.231. The van der Waals surface area contributed by atoms with Crippen LogP contribution in [0.25, 0.3) is 6.08 Å². The van der Waals surface area contributed by atoms with Crippen molar-refractivity contribution in [3.05, 3.63) is 29.3 Å². The molecule has 0 aromatic heterocycles. The number of hydroxylamine groups is 1. The van der Waals surface area contributed by atoms with Gasteiger partial charge in [0, 0.05) is 19.2 Å². The Hall–Kier alpha value is -1.56. The molecule has 1 heterocycles. The summed E-state index contributed by atoms with van der Waals surface area (Å²) in [6.07, 6.45) is 2.08. The molecule has 0 fully saturated rings. The SMILES string of the molecule is COc1ccc2c(c1)C=C(CNOC(C)(C)OC)CO2. The van der Waals surface area contributed by atoms with Crippen LogP contribution in [0.5, 0.6) is 11.5 Å². The predicted octanol–water partition coefficient (Wildman–Crippen LogP) is 2.37. The highest BCUT2D eigenvalue weighted by Gasteiger charge is 2.18. The molecule has 1 N–H and O–H groups in total. The highest BCUT2D eigenvalue weighted by Crippen LogP contribution is 2.29. The maximum atomic E-state index is 5.69. The standard InChI is InChI=1S/C15H21NO4/c1-15(2,18-4)20-16-9-11-7-12-8-13(17-3)5-6-14(12)19-10-11/h5-8,16H,9-10H2,1-4H3. The van der Waals surface area contributed by atoms with Crippen molar-refractivity contribution in [2.45, 2.75) is 19.6 Å². The van der Waals surface area contributed by atoms with Crippen LogP contribution in [0.3, 0.4) is 0 Å². The van der Waals surface area contributed by atoms with E-state index in [-0.39, 0.29) is 0 Å². The molecule has 0 bridgehead atoms. The van der Waals surface area contributed by atoms with Gasteiger partial charge in [-0.1, -0.05) is 0 Å². The maximum Gasteiger partial charge on any atom is 0.181 e. The molecular formula is C15H21NO4. The first-order chi connectivity index (χ1) is 9.54. The van der Waals surface area contributed by atoms with Gasteiger partial charge in [0.05, 0.1) is 7.11 Å². The molecule has 0 saturated heterocycles. The molecule has 0 spiro atoms. The molecule has 0 aliphatic carbocycles. The molecule has 2 rings (SSSR count). The van der Waals surface area contributed by atoms with E-state index in [0.717, 1.165) is 22.6 Å². The summed E-state index contributed by atoms with van der Waals surface area (Å²) >= 11 is 0. The van der Waals surface area contributed by atoms with Crippen molar-refractivity contribution in [2.24, 2.45) is 0 Å². The van der Waals surface area contributed by atoms with E-state index >= 15 is 0 Å². The first-order valence-electron chi connectivity index (χ1n) is 6.50. The first kappa shape index (κ1) is 14.8. The van der Waals surface area contributed by atoms with Crippen LogP contribution < -0.4 is 15.0 Å². The summed E-state index contributed by atoms with van der Waals surface area (Å²) in [6, 6.07) is 5.76. The van der Waals surface area contributed by atoms with Crippen LogP contribution in [-0.4, -0.2) is 33.2 Å². The fourth-order valence-electron chi connectivity index (χ4n) is 1.78. The largest absolute Gasteiger partial charge is 0.497 e. The highest BCUT2D eigenvalue weighted by atomic mass is 16.8. The van der Waals surface area contributed by atoms with Crippen molar-refractivity contribution in [1.82, 2.24) is 5.48 Å². The minimum absolute atomic E-state index is 0.545. The average Bonchev–Trinajstić information content (AvgIpc) is 2.46. The van der Waals surface area contributed by atoms with E-state index in [0.29, 0.717) is 13.2 Å². The van der Waals surface area contributed by atoms with Crippen molar-refractivity contribution in [3.8, 4) is 11.5 Å². The monoisotopic (exact) mass is 279 g/mol. The fourth-order valence-corrected chi connectivity index (χ4v) is 1.78. The Kier molecular flexibility index (Phi) is 4.65. The summed E-state index contributed by atoms with van der Waals surface area (Å²) in [6.45, 7) is 4.80. The molecular weight excluding hydrogens is 258 g/mol. The topological polar surface area (TPSA) is 49.0 Å². The molecule has 1 aromatic carbocycles. The van der Waals surface area contributed by atoms with Crippen LogP contribution in [0.4, 0.5) is 0 Å². The number of hydrogen-bond acceptors (Lipinski definition) is 5. The summed E-state index contributed by atoms with van der Waals surface area (Å²) in [5, 5.41) is 0. The minimum Gasteiger partial charge on any atom is -0.497 e. The quantitative estimate of drug-likeness (QED) is 0.640. The van der Waals surface area contributed by atoms with Crippen LogP contribution in [-0.2, 0) is 9.57 Å². The molecule has 0 atom stereocenters. The van der Waals surface area contributed by atoms with Crippen molar-refractivity contribution >= 4 is 6.08 Å². The van der Waals surface area contributed by atoms with E-state index in [1.54, 1.807) is 14.2 Å². The van der Waals surface area contributed by atoms with E-state index in [1.165, 1.54) is 0 Å². The molecule has 5 heteroatoms. The van der Waals surface area contributed by atoms with Gasteiger partial charge in [0.1, 0.15) is 18.1 Å². The molecule has 0 unspecified atom stereocenters. The summed E-state index contributed by atoms with van der Waals surface area (Å²) in [4.78, 5) is 5.42.